The lowest BCUT2D eigenvalue weighted by molar-refractivity contribution is 0.119. The van der Waals surface area contributed by atoms with Gasteiger partial charge in [-0.05, 0) is 20.8 Å². The Morgan fingerprint density at radius 1 is 1.06 bits per heavy atom. The predicted octanol–water partition coefficient (Wildman–Crippen LogP) is 2.06. The summed E-state index contributed by atoms with van der Waals surface area (Å²) in [5.74, 6) is 0.648. The fraction of sp³-hybridized carbons (Fsp3) is 1.00. The van der Waals surface area contributed by atoms with Gasteiger partial charge < -0.3 is 9.47 Å². The molecular formula is C11H24O5S. The largest absolute Gasteiger partial charge is 0.378 e. The average Bonchev–Trinajstić information content (AvgIpc) is 3.09. The van der Waals surface area contributed by atoms with Crippen molar-refractivity contribution in [3.05, 3.63) is 0 Å². The van der Waals surface area contributed by atoms with E-state index in [0.29, 0.717) is 44.9 Å². The Kier molecular flexibility index (Phi) is 7.41. The third kappa shape index (κ3) is 6.03. The van der Waals surface area contributed by atoms with Gasteiger partial charge in [0.2, 0.25) is 0 Å². The van der Waals surface area contributed by atoms with Gasteiger partial charge >= 0.3 is 0 Å². The third-order valence-corrected chi connectivity index (χ3v) is 4.53. The summed E-state index contributed by atoms with van der Waals surface area (Å²) in [5.41, 5.74) is 0. The first-order valence-corrected chi connectivity index (χ1v) is 7.77. The maximum absolute atomic E-state index is 5.66. The summed E-state index contributed by atoms with van der Waals surface area (Å²) in [6, 6.07) is 0. The molecule has 0 bridgehead atoms. The Morgan fingerprint density at radius 3 is 2.00 bits per heavy atom. The summed E-state index contributed by atoms with van der Waals surface area (Å²) in [6.45, 7) is 9.63. The van der Waals surface area contributed by atoms with Crippen molar-refractivity contribution in [2.24, 2.45) is 0 Å². The molecule has 1 heterocycles. The van der Waals surface area contributed by atoms with E-state index in [-0.39, 0.29) is 0 Å². The normalized spacial score (nSPS) is 20.5. The molecule has 0 radical (unpaired) electrons. The van der Waals surface area contributed by atoms with E-state index < -0.39 is 10.9 Å². The molecule has 1 atom stereocenters. The molecule has 17 heavy (non-hydrogen) atoms. The highest BCUT2D eigenvalue weighted by Gasteiger charge is 2.27. The van der Waals surface area contributed by atoms with Crippen molar-refractivity contribution in [3.63, 3.8) is 0 Å². The van der Waals surface area contributed by atoms with Gasteiger partial charge in [0.25, 0.3) is 0 Å². The SMILES string of the molecule is CCOS(CCOCC1CO1)(OCC)OCC. The van der Waals surface area contributed by atoms with E-state index in [1.807, 2.05) is 20.8 Å². The second kappa shape index (κ2) is 8.29. The Balaban J connectivity index is 2.29. The molecule has 1 aliphatic rings. The van der Waals surface area contributed by atoms with E-state index in [1.165, 1.54) is 0 Å². The van der Waals surface area contributed by atoms with Crippen LogP contribution in [0.25, 0.3) is 0 Å². The Bertz CT molecular complexity index is 181. The summed E-state index contributed by atoms with van der Waals surface area (Å²) >= 11 is 0. The smallest absolute Gasteiger partial charge is 0.104 e. The highest BCUT2D eigenvalue weighted by molar-refractivity contribution is 8.21. The standard InChI is InChI=1S/C11H24O5S/c1-4-14-17(15-5-2,16-6-3)8-7-12-9-11-10-13-11/h11H,4-10H2,1-3H3. The van der Waals surface area contributed by atoms with Gasteiger partial charge in [0.15, 0.2) is 0 Å². The van der Waals surface area contributed by atoms with Crippen molar-refractivity contribution < 1.29 is 22.0 Å². The quantitative estimate of drug-likeness (QED) is 0.424. The molecule has 0 spiro atoms. The second-order valence-corrected chi connectivity index (χ2v) is 5.74. The number of rotatable bonds is 11. The van der Waals surface area contributed by atoms with Crippen molar-refractivity contribution in [2.75, 3.05) is 45.4 Å². The van der Waals surface area contributed by atoms with Crippen molar-refractivity contribution >= 4 is 10.9 Å². The van der Waals surface area contributed by atoms with Crippen molar-refractivity contribution in [1.82, 2.24) is 0 Å². The predicted molar refractivity (Wildman–Crippen MR) is 67.9 cm³/mol. The van der Waals surface area contributed by atoms with Crippen LogP contribution < -0.4 is 0 Å². The molecule has 1 unspecified atom stereocenters. The third-order valence-electron chi connectivity index (χ3n) is 2.08. The summed E-state index contributed by atoms with van der Waals surface area (Å²) in [7, 11) is -1.89. The molecule has 104 valence electrons. The minimum atomic E-state index is -1.89. The van der Waals surface area contributed by atoms with Gasteiger partial charge in [0.05, 0.1) is 56.3 Å². The molecule has 0 aromatic carbocycles. The monoisotopic (exact) mass is 268 g/mol. The van der Waals surface area contributed by atoms with Crippen LogP contribution in [0.3, 0.4) is 0 Å². The molecule has 6 heteroatoms. The van der Waals surface area contributed by atoms with E-state index in [2.05, 4.69) is 0 Å². The molecule has 0 aromatic heterocycles. The first-order chi connectivity index (χ1) is 8.26. The van der Waals surface area contributed by atoms with Gasteiger partial charge in [-0.3, -0.25) is 12.5 Å². The van der Waals surface area contributed by atoms with Crippen LogP contribution in [-0.2, 0) is 22.0 Å². The highest BCUT2D eigenvalue weighted by atomic mass is 32.3. The van der Waals surface area contributed by atoms with E-state index in [4.69, 9.17) is 22.0 Å². The zero-order valence-corrected chi connectivity index (χ0v) is 11.8. The van der Waals surface area contributed by atoms with Crippen LogP contribution in [0, 0.1) is 0 Å². The van der Waals surface area contributed by atoms with E-state index in [9.17, 15) is 0 Å². The average molecular weight is 268 g/mol. The molecule has 0 N–H and O–H groups in total. The molecule has 1 aliphatic heterocycles. The zero-order valence-electron chi connectivity index (χ0n) is 11.0. The molecule has 1 fully saturated rings. The number of ether oxygens (including phenoxy) is 2. The zero-order chi connectivity index (χ0) is 12.6. The second-order valence-electron chi connectivity index (χ2n) is 3.51. The van der Waals surface area contributed by atoms with E-state index >= 15 is 0 Å². The maximum Gasteiger partial charge on any atom is 0.104 e. The van der Waals surface area contributed by atoms with Gasteiger partial charge in [0, 0.05) is 0 Å². The van der Waals surface area contributed by atoms with Gasteiger partial charge in [-0.1, -0.05) is 0 Å². The topological polar surface area (TPSA) is 49.5 Å². The Hall–Kier alpha value is 0.150. The van der Waals surface area contributed by atoms with Crippen molar-refractivity contribution in [3.8, 4) is 0 Å². The summed E-state index contributed by atoms with van der Waals surface area (Å²) in [5, 5.41) is 0. The Labute approximate surface area is 106 Å². The molecule has 1 saturated heterocycles. The van der Waals surface area contributed by atoms with Crippen LogP contribution in [0.1, 0.15) is 20.8 Å². The van der Waals surface area contributed by atoms with Gasteiger partial charge in [-0.15, -0.1) is 0 Å². The summed E-state index contributed by atoms with van der Waals surface area (Å²) in [4.78, 5) is 0. The minimum absolute atomic E-state index is 0.297. The summed E-state index contributed by atoms with van der Waals surface area (Å²) in [6.07, 6.45) is 0.297. The number of epoxide rings is 1. The van der Waals surface area contributed by atoms with Crippen LogP contribution in [0.4, 0.5) is 0 Å². The van der Waals surface area contributed by atoms with Crippen LogP contribution in [0.15, 0.2) is 0 Å². The van der Waals surface area contributed by atoms with Crippen LogP contribution in [-0.4, -0.2) is 51.5 Å². The van der Waals surface area contributed by atoms with Crippen LogP contribution in [0.2, 0.25) is 0 Å². The molecule has 0 saturated carbocycles. The molecule has 0 aliphatic carbocycles. The molecule has 1 rings (SSSR count). The first-order valence-electron chi connectivity index (χ1n) is 6.19. The lowest BCUT2D eigenvalue weighted by Gasteiger charge is -2.36. The fourth-order valence-corrected chi connectivity index (χ4v) is 3.31. The van der Waals surface area contributed by atoms with Gasteiger partial charge in [-0.2, -0.15) is 0 Å². The molecule has 0 amide bonds. The van der Waals surface area contributed by atoms with Crippen molar-refractivity contribution in [1.29, 1.82) is 0 Å². The number of hydrogen-bond acceptors (Lipinski definition) is 5. The fourth-order valence-electron chi connectivity index (χ4n) is 1.36. The van der Waals surface area contributed by atoms with Crippen LogP contribution >= 0.6 is 10.9 Å². The summed E-state index contributed by atoms with van der Waals surface area (Å²) < 4.78 is 27.6. The van der Waals surface area contributed by atoms with Crippen LogP contribution in [0.5, 0.6) is 0 Å². The first kappa shape index (κ1) is 15.2. The minimum Gasteiger partial charge on any atom is -0.378 e. The van der Waals surface area contributed by atoms with E-state index in [0.717, 1.165) is 6.61 Å². The lowest BCUT2D eigenvalue weighted by Crippen LogP contribution is -2.20. The highest BCUT2D eigenvalue weighted by Crippen LogP contribution is 2.51. The Morgan fingerprint density at radius 2 is 1.59 bits per heavy atom. The number of hydrogen-bond donors (Lipinski definition) is 0. The van der Waals surface area contributed by atoms with Gasteiger partial charge in [-0.25, -0.2) is 0 Å². The molecule has 5 nitrogen and oxygen atoms in total. The molecular weight excluding hydrogens is 244 g/mol. The lowest BCUT2D eigenvalue weighted by atomic mass is 10.5. The maximum atomic E-state index is 5.66. The van der Waals surface area contributed by atoms with Gasteiger partial charge in [0.1, 0.15) is 6.10 Å². The van der Waals surface area contributed by atoms with E-state index in [1.54, 1.807) is 0 Å². The van der Waals surface area contributed by atoms with Crippen molar-refractivity contribution in [2.45, 2.75) is 26.9 Å². The molecule has 0 aromatic rings.